The molecule has 0 aliphatic heterocycles. The Morgan fingerprint density at radius 2 is 1.32 bits per heavy atom. The summed E-state index contributed by atoms with van der Waals surface area (Å²) in [6.45, 7) is 8.89. The molecule has 2 N–H and O–H groups in total. The van der Waals surface area contributed by atoms with Crippen LogP contribution in [0.3, 0.4) is 0 Å². The summed E-state index contributed by atoms with van der Waals surface area (Å²) in [7, 11) is 0. The van der Waals surface area contributed by atoms with E-state index in [2.05, 4.69) is 27.7 Å². The average molecular weight is 439 g/mol. The first kappa shape index (κ1) is 28.0. The number of rotatable bonds is 17. The normalized spacial score (nSPS) is 24.1. The van der Waals surface area contributed by atoms with E-state index in [0.29, 0.717) is 25.2 Å². The van der Waals surface area contributed by atoms with Gasteiger partial charge in [0.15, 0.2) is 0 Å². The van der Waals surface area contributed by atoms with Gasteiger partial charge in [0.1, 0.15) is 0 Å². The molecule has 0 radical (unpaired) electrons. The molecule has 1 rings (SSSR count). The molecular formula is C27H50O4. The topological polar surface area (TPSA) is 74.6 Å². The third kappa shape index (κ3) is 9.95. The molecule has 1 saturated carbocycles. The lowest BCUT2D eigenvalue weighted by Gasteiger charge is -2.44. The average Bonchev–Trinajstić information content (AvgIpc) is 2.69. The van der Waals surface area contributed by atoms with Gasteiger partial charge < -0.3 is 10.2 Å². The number of hydrogen-bond donors (Lipinski definition) is 2. The van der Waals surface area contributed by atoms with Crippen molar-refractivity contribution in [2.24, 2.45) is 29.1 Å². The Labute approximate surface area is 191 Å². The van der Waals surface area contributed by atoms with Gasteiger partial charge in [0.05, 0.1) is 11.3 Å². The van der Waals surface area contributed by atoms with Crippen LogP contribution in [0, 0.1) is 29.1 Å². The highest BCUT2D eigenvalue weighted by Gasteiger charge is 2.52. The molecule has 0 bridgehead atoms. The van der Waals surface area contributed by atoms with Gasteiger partial charge in [0.2, 0.25) is 0 Å². The Kier molecular flexibility index (Phi) is 13.4. The van der Waals surface area contributed by atoms with E-state index in [0.717, 1.165) is 44.4 Å². The molecule has 1 aliphatic carbocycles. The first-order valence-corrected chi connectivity index (χ1v) is 13.2. The Morgan fingerprint density at radius 1 is 0.806 bits per heavy atom. The number of carbonyl (C=O) groups is 2. The van der Waals surface area contributed by atoms with Crippen molar-refractivity contribution in [2.75, 3.05) is 0 Å². The van der Waals surface area contributed by atoms with E-state index in [1.165, 1.54) is 44.9 Å². The second kappa shape index (κ2) is 14.9. The Morgan fingerprint density at radius 3 is 1.84 bits per heavy atom. The lowest BCUT2D eigenvalue weighted by molar-refractivity contribution is -0.164. The van der Waals surface area contributed by atoms with Gasteiger partial charge in [-0.1, -0.05) is 105 Å². The molecule has 0 aromatic heterocycles. The van der Waals surface area contributed by atoms with Crippen LogP contribution >= 0.6 is 0 Å². The number of unbranched alkanes of at least 4 members (excludes halogenated alkanes) is 7. The highest BCUT2D eigenvalue weighted by Crippen LogP contribution is 2.50. The molecule has 3 unspecified atom stereocenters. The van der Waals surface area contributed by atoms with Crippen LogP contribution in [0.15, 0.2) is 0 Å². The summed E-state index contributed by atoms with van der Waals surface area (Å²) >= 11 is 0. The fourth-order valence-corrected chi connectivity index (χ4v) is 5.67. The zero-order valence-electron chi connectivity index (χ0n) is 20.8. The third-order valence-corrected chi connectivity index (χ3v) is 7.53. The zero-order valence-corrected chi connectivity index (χ0v) is 20.8. The second-order valence-corrected chi connectivity index (χ2v) is 11.0. The van der Waals surface area contributed by atoms with Crippen LogP contribution < -0.4 is 0 Å². The first-order valence-electron chi connectivity index (χ1n) is 13.2. The largest absolute Gasteiger partial charge is 0.481 e. The highest BCUT2D eigenvalue weighted by molar-refractivity contribution is 5.78. The quantitative estimate of drug-likeness (QED) is 0.226. The van der Waals surface area contributed by atoms with Gasteiger partial charge in [-0.3, -0.25) is 9.59 Å². The molecule has 0 heterocycles. The third-order valence-electron chi connectivity index (χ3n) is 7.53. The van der Waals surface area contributed by atoms with Gasteiger partial charge in [-0.05, 0) is 43.4 Å². The van der Waals surface area contributed by atoms with Gasteiger partial charge in [-0.2, -0.15) is 0 Å². The van der Waals surface area contributed by atoms with E-state index < -0.39 is 23.3 Å². The van der Waals surface area contributed by atoms with E-state index in [9.17, 15) is 19.8 Å². The minimum absolute atomic E-state index is 0.223. The van der Waals surface area contributed by atoms with Crippen molar-refractivity contribution in [1.82, 2.24) is 0 Å². The SMILES string of the molecule is CC(C)CCCCCCCCCCC1C(C(=O)O)CCCC1(CCCC(C)C)C(=O)O. The van der Waals surface area contributed by atoms with Gasteiger partial charge in [0.25, 0.3) is 0 Å². The number of carboxylic acid groups (broad SMARTS) is 2. The Hall–Kier alpha value is -1.06. The van der Waals surface area contributed by atoms with Crippen LogP contribution in [0.2, 0.25) is 0 Å². The minimum atomic E-state index is -0.841. The summed E-state index contributed by atoms with van der Waals surface area (Å²) in [6, 6.07) is 0. The van der Waals surface area contributed by atoms with Crippen LogP contribution in [0.1, 0.15) is 130 Å². The molecule has 182 valence electrons. The summed E-state index contributed by atoms with van der Waals surface area (Å²) in [5.41, 5.74) is -0.841. The van der Waals surface area contributed by atoms with Crippen molar-refractivity contribution in [3.8, 4) is 0 Å². The summed E-state index contributed by atoms with van der Waals surface area (Å²) in [5, 5.41) is 20.0. The summed E-state index contributed by atoms with van der Waals surface area (Å²) < 4.78 is 0. The van der Waals surface area contributed by atoms with Crippen molar-refractivity contribution < 1.29 is 19.8 Å². The molecule has 31 heavy (non-hydrogen) atoms. The fraction of sp³-hybridized carbons (Fsp3) is 0.926. The summed E-state index contributed by atoms with van der Waals surface area (Å²) in [5.74, 6) is -0.912. The van der Waals surface area contributed by atoms with Crippen LogP contribution in [0.4, 0.5) is 0 Å². The van der Waals surface area contributed by atoms with Gasteiger partial charge in [-0.25, -0.2) is 0 Å². The van der Waals surface area contributed by atoms with Crippen LogP contribution in [0.25, 0.3) is 0 Å². The van der Waals surface area contributed by atoms with Gasteiger partial charge >= 0.3 is 11.9 Å². The maximum absolute atomic E-state index is 12.4. The molecule has 0 aromatic carbocycles. The van der Waals surface area contributed by atoms with Gasteiger partial charge in [0, 0.05) is 0 Å². The van der Waals surface area contributed by atoms with Crippen molar-refractivity contribution in [3.63, 3.8) is 0 Å². The van der Waals surface area contributed by atoms with Crippen molar-refractivity contribution in [3.05, 3.63) is 0 Å². The fourth-order valence-electron chi connectivity index (χ4n) is 5.67. The van der Waals surface area contributed by atoms with Crippen molar-refractivity contribution in [2.45, 2.75) is 130 Å². The summed E-state index contributed by atoms with van der Waals surface area (Å²) in [6.07, 6.45) is 16.3. The minimum Gasteiger partial charge on any atom is -0.481 e. The summed E-state index contributed by atoms with van der Waals surface area (Å²) in [4.78, 5) is 24.4. The molecule has 4 nitrogen and oxygen atoms in total. The molecule has 4 heteroatoms. The Balaban J connectivity index is 2.53. The predicted octanol–water partition coefficient (Wildman–Crippen LogP) is 7.94. The maximum atomic E-state index is 12.4. The smallest absolute Gasteiger partial charge is 0.309 e. The Bertz CT molecular complexity index is 513. The number of carboxylic acids is 2. The first-order chi connectivity index (χ1) is 14.7. The van der Waals surface area contributed by atoms with Crippen LogP contribution in [-0.4, -0.2) is 22.2 Å². The second-order valence-electron chi connectivity index (χ2n) is 11.0. The number of hydrogen-bond acceptors (Lipinski definition) is 2. The highest BCUT2D eigenvalue weighted by atomic mass is 16.4. The molecule has 0 spiro atoms. The van der Waals surface area contributed by atoms with Crippen LogP contribution in [0.5, 0.6) is 0 Å². The maximum Gasteiger partial charge on any atom is 0.309 e. The standard InChI is InChI=1S/C27H50O4/c1-21(2)15-11-9-7-5-6-8-10-12-18-24-23(25(28)29)17-14-20-27(24,26(30)31)19-13-16-22(3)4/h21-24H,5-20H2,1-4H3,(H,28,29)(H,30,31). The van der Waals surface area contributed by atoms with E-state index in [-0.39, 0.29) is 5.92 Å². The predicted molar refractivity (Wildman–Crippen MR) is 128 cm³/mol. The molecule has 1 fully saturated rings. The molecule has 3 atom stereocenters. The zero-order chi connectivity index (χ0) is 23.3. The monoisotopic (exact) mass is 438 g/mol. The molecular weight excluding hydrogens is 388 g/mol. The lowest BCUT2D eigenvalue weighted by atomic mass is 9.58. The van der Waals surface area contributed by atoms with Gasteiger partial charge in [-0.15, -0.1) is 0 Å². The molecule has 0 saturated heterocycles. The van der Waals surface area contributed by atoms with E-state index in [4.69, 9.17) is 0 Å². The molecule has 0 aromatic rings. The van der Waals surface area contributed by atoms with E-state index in [1.807, 2.05) is 0 Å². The van der Waals surface area contributed by atoms with Crippen LogP contribution in [-0.2, 0) is 9.59 Å². The van der Waals surface area contributed by atoms with E-state index >= 15 is 0 Å². The lowest BCUT2D eigenvalue weighted by Crippen LogP contribution is -2.47. The molecule has 1 aliphatic rings. The number of aliphatic carboxylic acids is 2. The molecule has 0 amide bonds. The van der Waals surface area contributed by atoms with Crippen molar-refractivity contribution in [1.29, 1.82) is 0 Å². The van der Waals surface area contributed by atoms with Crippen molar-refractivity contribution >= 4 is 11.9 Å². The van der Waals surface area contributed by atoms with E-state index in [1.54, 1.807) is 0 Å².